The van der Waals surface area contributed by atoms with E-state index in [1.807, 2.05) is 0 Å². The number of carbonyl (C=O) groups is 1. The van der Waals surface area contributed by atoms with Crippen molar-refractivity contribution in [3.8, 4) is 11.5 Å². The van der Waals surface area contributed by atoms with Gasteiger partial charge in [-0.15, -0.1) is 0 Å². The first-order chi connectivity index (χ1) is 11.0. The van der Waals surface area contributed by atoms with Gasteiger partial charge in [-0.3, -0.25) is 0 Å². The van der Waals surface area contributed by atoms with E-state index in [9.17, 15) is 4.79 Å². The highest BCUT2D eigenvalue weighted by atomic mass is 16.5. The third-order valence-corrected chi connectivity index (χ3v) is 3.93. The molecule has 5 heteroatoms. The molecule has 1 aromatic carbocycles. The smallest absolute Gasteiger partial charge is 0.338 e. The molecule has 1 aliphatic rings. The van der Waals surface area contributed by atoms with Gasteiger partial charge in [-0.1, -0.05) is 26.5 Å². The van der Waals surface area contributed by atoms with Crippen molar-refractivity contribution < 1.29 is 19.0 Å². The van der Waals surface area contributed by atoms with E-state index in [1.54, 1.807) is 25.3 Å². The molecule has 0 amide bonds. The molecule has 0 atom stereocenters. The topological polar surface area (TPSA) is 56.8 Å². The van der Waals surface area contributed by atoms with Crippen LogP contribution in [-0.2, 0) is 4.74 Å². The fourth-order valence-corrected chi connectivity index (χ4v) is 2.82. The van der Waals surface area contributed by atoms with Crippen LogP contribution in [0.25, 0.3) is 6.08 Å². The lowest BCUT2D eigenvalue weighted by Gasteiger charge is -2.37. The summed E-state index contributed by atoms with van der Waals surface area (Å²) in [5.74, 6) is 0.723. The fraction of sp³-hybridized carbons (Fsp3) is 0.500. The quantitative estimate of drug-likeness (QED) is 0.783. The SMILES string of the molecule is C=Cc1c(C(=O)OC)ccc(OC2CC(NC(C)C)C2)c1OC. The Morgan fingerprint density at radius 2 is 2.04 bits per heavy atom. The van der Waals surface area contributed by atoms with Crippen LogP contribution in [-0.4, -0.2) is 38.4 Å². The molecular weight excluding hydrogens is 294 g/mol. The molecule has 1 saturated carbocycles. The molecule has 1 aliphatic carbocycles. The Kier molecular flexibility index (Phi) is 5.66. The van der Waals surface area contributed by atoms with Crippen LogP contribution in [0.3, 0.4) is 0 Å². The summed E-state index contributed by atoms with van der Waals surface area (Å²) in [6, 6.07) is 4.41. The van der Waals surface area contributed by atoms with Crippen LogP contribution in [0.15, 0.2) is 18.7 Å². The van der Waals surface area contributed by atoms with Crippen LogP contribution < -0.4 is 14.8 Å². The van der Waals surface area contributed by atoms with Crippen LogP contribution in [0, 0.1) is 0 Å². The molecule has 0 spiro atoms. The van der Waals surface area contributed by atoms with Gasteiger partial charge in [0, 0.05) is 17.6 Å². The first-order valence-electron chi connectivity index (χ1n) is 7.84. The molecule has 0 saturated heterocycles. The first-order valence-corrected chi connectivity index (χ1v) is 7.84. The Hall–Kier alpha value is -2.01. The number of rotatable bonds is 7. The highest BCUT2D eigenvalue weighted by molar-refractivity contribution is 5.95. The van der Waals surface area contributed by atoms with Gasteiger partial charge in [-0.05, 0) is 25.0 Å². The number of nitrogens with one attached hydrogen (secondary N) is 1. The minimum absolute atomic E-state index is 0.154. The van der Waals surface area contributed by atoms with E-state index in [0.29, 0.717) is 34.7 Å². The Morgan fingerprint density at radius 1 is 1.35 bits per heavy atom. The molecule has 126 valence electrons. The molecule has 1 fully saturated rings. The van der Waals surface area contributed by atoms with Gasteiger partial charge in [0.15, 0.2) is 11.5 Å². The lowest BCUT2D eigenvalue weighted by atomic mass is 9.88. The third-order valence-electron chi connectivity index (χ3n) is 3.93. The molecule has 0 bridgehead atoms. The summed E-state index contributed by atoms with van der Waals surface area (Å²) in [5.41, 5.74) is 1.01. The van der Waals surface area contributed by atoms with Crippen molar-refractivity contribution in [1.29, 1.82) is 0 Å². The van der Waals surface area contributed by atoms with Crippen LogP contribution in [0.5, 0.6) is 11.5 Å². The molecule has 5 nitrogen and oxygen atoms in total. The molecule has 0 heterocycles. The monoisotopic (exact) mass is 319 g/mol. The molecule has 0 aromatic heterocycles. The maximum absolute atomic E-state index is 11.8. The summed E-state index contributed by atoms with van der Waals surface area (Å²) in [5, 5.41) is 3.49. The van der Waals surface area contributed by atoms with Crippen LogP contribution >= 0.6 is 0 Å². The van der Waals surface area contributed by atoms with Gasteiger partial charge in [0.2, 0.25) is 0 Å². The van der Waals surface area contributed by atoms with Gasteiger partial charge in [0.25, 0.3) is 0 Å². The predicted molar refractivity (Wildman–Crippen MR) is 90.1 cm³/mol. The highest BCUT2D eigenvalue weighted by Crippen LogP contribution is 2.37. The maximum atomic E-state index is 11.8. The number of benzene rings is 1. The van der Waals surface area contributed by atoms with Gasteiger partial charge >= 0.3 is 5.97 Å². The number of methoxy groups -OCH3 is 2. The minimum Gasteiger partial charge on any atom is -0.492 e. The average Bonchev–Trinajstić information content (AvgIpc) is 2.50. The Labute approximate surface area is 137 Å². The zero-order valence-electron chi connectivity index (χ0n) is 14.2. The van der Waals surface area contributed by atoms with Crippen LogP contribution in [0.4, 0.5) is 0 Å². The van der Waals surface area contributed by atoms with Crippen molar-refractivity contribution in [2.45, 2.75) is 44.9 Å². The van der Waals surface area contributed by atoms with E-state index in [2.05, 4.69) is 25.7 Å². The summed E-state index contributed by atoms with van der Waals surface area (Å²) in [4.78, 5) is 11.8. The molecule has 1 N–H and O–H groups in total. The molecule has 0 unspecified atom stereocenters. The Morgan fingerprint density at radius 3 is 2.57 bits per heavy atom. The number of hydrogen-bond donors (Lipinski definition) is 1. The van der Waals surface area contributed by atoms with Crippen LogP contribution in [0.1, 0.15) is 42.6 Å². The molecular formula is C18H25NO4. The molecule has 1 aromatic rings. The molecule has 0 aliphatic heterocycles. The Balaban J connectivity index is 2.14. The van der Waals surface area contributed by atoms with Gasteiger partial charge in [0.05, 0.1) is 19.8 Å². The number of hydrogen-bond acceptors (Lipinski definition) is 5. The van der Waals surface area contributed by atoms with E-state index in [4.69, 9.17) is 14.2 Å². The molecule has 2 rings (SSSR count). The van der Waals surface area contributed by atoms with Crippen molar-refractivity contribution in [2.75, 3.05) is 14.2 Å². The summed E-state index contributed by atoms with van der Waals surface area (Å²) in [6.07, 6.45) is 3.66. The summed E-state index contributed by atoms with van der Waals surface area (Å²) >= 11 is 0. The predicted octanol–water partition coefficient (Wildman–Crippen LogP) is 3.03. The van der Waals surface area contributed by atoms with Crippen molar-refractivity contribution in [1.82, 2.24) is 5.32 Å². The number of ether oxygens (including phenoxy) is 3. The second kappa shape index (κ2) is 7.51. The van der Waals surface area contributed by atoms with Crippen molar-refractivity contribution in [3.63, 3.8) is 0 Å². The second-order valence-electron chi connectivity index (χ2n) is 5.98. The first kappa shape index (κ1) is 17.3. The number of carbonyl (C=O) groups excluding carboxylic acids is 1. The van der Waals surface area contributed by atoms with E-state index >= 15 is 0 Å². The summed E-state index contributed by atoms with van der Waals surface area (Å²) < 4.78 is 16.3. The van der Waals surface area contributed by atoms with E-state index in [1.165, 1.54) is 7.11 Å². The van der Waals surface area contributed by atoms with E-state index in [-0.39, 0.29) is 6.10 Å². The van der Waals surface area contributed by atoms with Crippen molar-refractivity contribution >= 4 is 12.0 Å². The zero-order valence-corrected chi connectivity index (χ0v) is 14.2. The van der Waals surface area contributed by atoms with E-state index < -0.39 is 5.97 Å². The number of esters is 1. The lowest BCUT2D eigenvalue weighted by molar-refractivity contribution is 0.0599. The van der Waals surface area contributed by atoms with Crippen molar-refractivity contribution in [3.05, 3.63) is 29.8 Å². The average molecular weight is 319 g/mol. The molecule has 23 heavy (non-hydrogen) atoms. The van der Waals surface area contributed by atoms with E-state index in [0.717, 1.165) is 12.8 Å². The molecule has 0 radical (unpaired) electrons. The van der Waals surface area contributed by atoms with Gasteiger partial charge in [-0.25, -0.2) is 4.79 Å². The maximum Gasteiger partial charge on any atom is 0.338 e. The minimum atomic E-state index is -0.422. The van der Waals surface area contributed by atoms with Gasteiger partial charge < -0.3 is 19.5 Å². The van der Waals surface area contributed by atoms with Gasteiger partial charge in [-0.2, -0.15) is 0 Å². The van der Waals surface area contributed by atoms with Gasteiger partial charge in [0.1, 0.15) is 6.10 Å². The van der Waals surface area contributed by atoms with Crippen LogP contribution in [0.2, 0.25) is 0 Å². The third kappa shape index (κ3) is 3.85. The summed E-state index contributed by atoms with van der Waals surface area (Å²) in [7, 11) is 2.91. The Bertz CT molecular complexity index is 577. The normalized spacial score (nSPS) is 19.9. The standard InChI is InChI=1S/C18H25NO4/c1-6-14-15(18(20)22-5)7-8-16(17(14)21-4)23-13-9-12(10-13)19-11(2)3/h6-8,11-13,19H,1,9-10H2,2-5H3. The second-order valence-corrected chi connectivity index (χ2v) is 5.98. The largest absolute Gasteiger partial charge is 0.492 e. The van der Waals surface area contributed by atoms with Crippen molar-refractivity contribution in [2.24, 2.45) is 0 Å². The highest BCUT2D eigenvalue weighted by Gasteiger charge is 2.32. The zero-order chi connectivity index (χ0) is 17.0. The lowest BCUT2D eigenvalue weighted by Crippen LogP contribution is -2.49. The summed E-state index contributed by atoms with van der Waals surface area (Å²) in [6.45, 7) is 8.04. The fourth-order valence-electron chi connectivity index (χ4n) is 2.82.